The second-order valence-electron chi connectivity index (χ2n) is 12.9. The van der Waals surface area contributed by atoms with Gasteiger partial charge in [-0.25, -0.2) is 15.0 Å². The number of fused-ring (bicyclic) bond motifs is 3. The number of nitrogens with zero attached hydrogens (tertiary/aromatic N) is 6. The van der Waals surface area contributed by atoms with Gasteiger partial charge in [0.1, 0.15) is 17.5 Å². The first-order chi connectivity index (χ1) is 25.8. The van der Waals surface area contributed by atoms with Gasteiger partial charge in [0.2, 0.25) is 0 Å². The highest BCUT2D eigenvalue weighted by molar-refractivity contribution is 5.91. The van der Waals surface area contributed by atoms with Gasteiger partial charge in [0.15, 0.2) is 0 Å². The van der Waals surface area contributed by atoms with Crippen LogP contribution in [0.5, 0.6) is 0 Å². The first kappa shape index (κ1) is 29.8. The Labute approximate surface area is 300 Å². The normalized spacial score (nSPS) is 12.9. The number of hydrogen-bond donors (Lipinski definition) is 0. The van der Waals surface area contributed by atoms with Crippen LogP contribution in [-0.2, 0) is 0 Å². The fraction of sp³-hybridized carbons (Fsp3) is 0.0217. The summed E-state index contributed by atoms with van der Waals surface area (Å²) >= 11 is 0. The zero-order valence-corrected chi connectivity index (χ0v) is 28.2. The van der Waals surface area contributed by atoms with E-state index in [9.17, 15) is 0 Å². The Balaban J connectivity index is 1.30. The molecule has 6 aromatic carbocycles. The molecule has 0 atom stereocenters. The summed E-state index contributed by atoms with van der Waals surface area (Å²) in [5.41, 5.74) is 12.0. The van der Waals surface area contributed by atoms with E-state index in [0.29, 0.717) is 0 Å². The molecule has 0 fully saturated rings. The van der Waals surface area contributed by atoms with Crippen LogP contribution in [0.3, 0.4) is 0 Å². The van der Waals surface area contributed by atoms with Crippen molar-refractivity contribution in [2.24, 2.45) is 0 Å². The van der Waals surface area contributed by atoms with Crippen LogP contribution in [0.15, 0.2) is 182 Å². The molecule has 3 aromatic heterocycles. The summed E-state index contributed by atoms with van der Waals surface area (Å²) < 4.78 is 6.79. The van der Waals surface area contributed by atoms with Gasteiger partial charge in [0.05, 0.1) is 33.1 Å². The number of aromatic nitrogens is 6. The molecule has 52 heavy (non-hydrogen) atoms. The monoisotopic (exact) mass is 668 g/mol. The minimum Gasteiger partial charge on any atom is -0.293 e. The Hall–Kier alpha value is -7.05. The van der Waals surface area contributed by atoms with Crippen molar-refractivity contribution in [1.82, 2.24) is 28.7 Å². The summed E-state index contributed by atoms with van der Waals surface area (Å²) in [6.07, 6.45) is 11.6. The molecule has 0 radical (unpaired) electrons. The van der Waals surface area contributed by atoms with Crippen LogP contribution in [-0.4, -0.2) is 28.7 Å². The first-order valence-electron chi connectivity index (χ1n) is 17.5. The molecule has 9 aromatic rings. The van der Waals surface area contributed by atoms with Gasteiger partial charge in [-0.15, -0.1) is 0 Å². The van der Waals surface area contributed by atoms with E-state index in [1.807, 2.05) is 24.3 Å². The van der Waals surface area contributed by atoms with E-state index in [2.05, 4.69) is 171 Å². The van der Waals surface area contributed by atoms with Crippen molar-refractivity contribution in [3.63, 3.8) is 0 Å². The molecule has 3 heterocycles. The molecular weight excluding hydrogens is 637 g/mol. The third-order valence-electron chi connectivity index (χ3n) is 9.65. The fourth-order valence-electron chi connectivity index (χ4n) is 7.35. The van der Waals surface area contributed by atoms with Crippen LogP contribution >= 0.6 is 0 Å². The molecule has 1 aliphatic carbocycles. The zero-order valence-electron chi connectivity index (χ0n) is 28.2. The molecular formula is C46H32N6. The average molecular weight is 669 g/mol. The molecule has 0 N–H and O–H groups in total. The fourth-order valence-corrected chi connectivity index (χ4v) is 7.35. The van der Waals surface area contributed by atoms with Gasteiger partial charge in [-0.1, -0.05) is 97.1 Å². The molecule has 6 nitrogen and oxygen atoms in total. The highest BCUT2D eigenvalue weighted by atomic mass is 15.1. The molecule has 0 bridgehead atoms. The summed E-state index contributed by atoms with van der Waals surface area (Å²) in [6.45, 7) is 0. The van der Waals surface area contributed by atoms with Crippen LogP contribution in [0.25, 0.3) is 84.3 Å². The molecule has 0 saturated carbocycles. The molecule has 0 amide bonds. The minimum atomic E-state index is 0.835. The Morgan fingerprint density at radius 3 is 1.29 bits per heavy atom. The smallest absolute Gasteiger partial charge is 0.145 e. The number of allylic oxidation sites excluding steroid dienone is 6. The van der Waals surface area contributed by atoms with E-state index in [0.717, 1.165) is 90.8 Å². The molecule has 0 saturated heterocycles. The quantitative estimate of drug-likeness (QED) is 0.177. The Bertz CT molecular complexity index is 2730. The lowest BCUT2D eigenvalue weighted by molar-refractivity contribution is 1.09. The summed E-state index contributed by atoms with van der Waals surface area (Å²) in [5, 5.41) is 0. The van der Waals surface area contributed by atoms with E-state index in [-0.39, 0.29) is 0 Å². The maximum atomic E-state index is 5.32. The van der Waals surface area contributed by atoms with Crippen LogP contribution in [0.2, 0.25) is 0 Å². The minimum absolute atomic E-state index is 0.835. The summed E-state index contributed by atoms with van der Waals surface area (Å²) in [7, 11) is 0. The van der Waals surface area contributed by atoms with Crippen molar-refractivity contribution in [3.8, 4) is 45.5 Å². The van der Waals surface area contributed by atoms with Crippen molar-refractivity contribution in [3.05, 3.63) is 182 Å². The van der Waals surface area contributed by atoms with Crippen molar-refractivity contribution < 1.29 is 0 Å². The van der Waals surface area contributed by atoms with Crippen molar-refractivity contribution in [1.29, 1.82) is 0 Å². The lowest BCUT2D eigenvalue weighted by Crippen LogP contribution is -2.02. The van der Waals surface area contributed by atoms with Crippen LogP contribution in [0, 0.1) is 0 Å². The highest BCUT2D eigenvalue weighted by Crippen LogP contribution is 2.38. The predicted molar refractivity (Wildman–Crippen MR) is 212 cm³/mol. The number of rotatable bonds is 6. The van der Waals surface area contributed by atoms with Crippen LogP contribution in [0.1, 0.15) is 6.42 Å². The van der Waals surface area contributed by atoms with Gasteiger partial charge in [0.25, 0.3) is 0 Å². The van der Waals surface area contributed by atoms with E-state index < -0.39 is 0 Å². The van der Waals surface area contributed by atoms with E-state index in [1.54, 1.807) is 0 Å². The summed E-state index contributed by atoms with van der Waals surface area (Å²) in [5.74, 6) is 2.54. The summed E-state index contributed by atoms with van der Waals surface area (Å²) in [6, 6.07) is 52.6. The maximum absolute atomic E-state index is 5.32. The largest absolute Gasteiger partial charge is 0.293 e. The molecule has 0 spiro atoms. The van der Waals surface area contributed by atoms with Crippen molar-refractivity contribution in [2.75, 3.05) is 0 Å². The molecule has 246 valence electrons. The average Bonchev–Trinajstić information content (AvgIpc) is 3.84. The second-order valence-corrected chi connectivity index (χ2v) is 12.9. The number of imidazole rings is 3. The Morgan fingerprint density at radius 1 is 0.404 bits per heavy atom. The molecule has 1 aliphatic rings. The van der Waals surface area contributed by atoms with Crippen LogP contribution in [0.4, 0.5) is 0 Å². The van der Waals surface area contributed by atoms with Crippen molar-refractivity contribution >= 4 is 38.8 Å². The molecule has 0 unspecified atom stereocenters. The molecule has 10 rings (SSSR count). The Morgan fingerprint density at radius 2 is 0.808 bits per heavy atom. The van der Waals surface area contributed by atoms with E-state index in [1.165, 1.54) is 0 Å². The summed E-state index contributed by atoms with van der Waals surface area (Å²) in [4.78, 5) is 15.9. The van der Waals surface area contributed by atoms with Crippen LogP contribution < -0.4 is 0 Å². The first-order valence-corrected chi connectivity index (χ1v) is 17.5. The lowest BCUT2D eigenvalue weighted by Gasteiger charge is -2.15. The number of para-hydroxylation sites is 8. The topological polar surface area (TPSA) is 53.5 Å². The van der Waals surface area contributed by atoms with Gasteiger partial charge in [0, 0.05) is 33.8 Å². The van der Waals surface area contributed by atoms with Gasteiger partial charge in [-0.3, -0.25) is 13.7 Å². The highest BCUT2D eigenvalue weighted by Gasteiger charge is 2.22. The second kappa shape index (κ2) is 12.4. The third-order valence-corrected chi connectivity index (χ3v) is 9.65. The van der Waals surface area contributed by atoms with Gasteiger partial charge in [-0.05, 0) is 91.4 Å². The van der Waals surface area contributed by atoms with Gasteiger partial charge in [-0.2, -0.15) is 0 Å². The van der Waals surface area contributed by atoms with Crippen molar-refractivity contribution in [2.45, 2.75) is 6.42 Å². The lowest BCUT2D eigenvalue weighted by atomic mass is 10.0. The number of hydrogen-bond acceptors (Lipinski definition) is 3. The Kier molecular flexibility index (Phi) is 7.10. The van der Waals surface area contributed by atoms with E-state index >= 15 is 0 Å². The standard InChI is InChI=1S/C46H32N6/c1-2-6-18-35(17-5-1)50-41-26-14-11-23-38(41)47-44(50)32-29-33(45-48-39-24-12-15-27-42(39)51(45)36-19-7-3-8-20-36)31-34(30-32)46-49-40-25-13-16-28-43(40)52(46)37-21-9-4-10-22-37/h1-5,7-31H,6H2. The SMILES string of the molecule is C1=CCC=C(n2c(-c3cc(-c4nc5ccccc5n4-c4ccccc4)cc(-c4nc5ccccc5n4-c4ccccc4)c3)nc3ccccc32)C=C1. The predicted octanol–water partition coefficient (Wildman–Crippen LogP) is 11.1. The van der Waals surface area contributed by atoms with Gasteiger partial charge < -0.3 is 0 Å². The van der Waals surface area contributed by atoms with E-state index in [4.69, 9.17) is 15.0 Å². The number of benzene rings is 6. The molecule has 6 heteroatoms. The molecule has 0 aliphatic heterocycles. The zero-order chi connectivity index (χ0) is 34.4. The third kappa shape index (κ3) is 5.00. The maximum Gasteiger partial charge on any atom is 0.145 e. The van der Waals surface area contributed by atoms with Gasteiger partial charge >= 0.3 is 0 Å².